The van der Waals surface area contributed by atoms with Gasteiger partial charge in [-0.05, 0) is 23.8 Å². The molecule has 5 heteroatoms. The van der Waals surface area contributed by atoms with Gasteiger partial charge in [0, 0.05) is 5.56 Å². The molecule has 1 aromatic heterocycles. The van der Waals surface area contributed by atoms with E-state index >= 15 is 0 Å². The first-order valence-electron chi connectivity index (χ1n) is 4.80. The molecule has 0 aliphatic carbocycles. The van der Waals surface area contributed by atoms with E-state index in [1.54, 1.807) is 0 Å². The molecule has 0 radical (unpaired) electrons. The van der Waals surface area contributed by atoms with Crippen molar-refractivity contribution >= 4 is 5.82 Å². The van der Waals surface area contributed by atoms with E-state index in [1.165, 1.54) is 30.3 Å². The van der Waals surface area contributed by atoms with Crippen molar-refractivity contribution in [3.8, 4) is 17.2 Å². The summed E-state index contributed by atoms with van der Waals surface area (Å²) in [4.78, 5) is 13.8. The van der Waals surface area contributed by atoms with Crippen molar-refractivity contribution in [2.24, 2.45) is 0 Å². The predicted octanol–water partition coefficient (Wildman–Crippen LogP) is 1.63. The Kier molecular flexibility index (Phi) is 2.63. The fraction of sp³-hybridized carbons (Fsp3) is 0. The molecule has 1 aromatic carbocycles. The zero-order chi connectivity index (χ0) is 12.4. The molecule has 0 fully saturated rings. The highest BCUT2D eigenvalue weighted by Gasteiger charge is 2.10. The minimum Gasteiger partial charge on any atom is -0.385 e. The third-order valence-electron chi connectivity index (χ3n) is 2.32. The van der Waals surface area contributed by atoms with Gasteiger partial charge in [-0.3, -0.25) is 4.79 Å². The number of nitrogen functional groups attached to an aromatic ring is 1. The Morgan fingerprint density at radius 1 is 1.29 bits per heavy atom. The summed E-state index contributed by atoms with van der Waals surface area (Å²) in [6, 6.07) is 8.79. The molecule has 0 bridgehead atoms. The van der Waals surface area contributed by atoms with Gasteiger partial charge in [0.25, 0.3) is 5.56 Å². The highest BCUT2D eigenvalue weighted by molar-refractivity contribution is 5.72. The highest BCUT2D eigenvalue weighted by atomic mass is 19.1. The standard InChI is InChI=1S/C12H8FN3O/c13-8-3-1-7(2-4-8)9-5-11(15)16-12(17)10(9)6-14/h1-5H,(H3,15,16,17). The van der Waals surface area contributed by atoms with Crippen LogP contribution in [0.5, 0.6) is 0 Å². The zero-order valence-corrected chi connectivity index (χ0v) is 8.70. The molecule has 0 aliphatic heterocycles. The number of rotatable bonds is 1. The number of aromatic amines is 1. The number of benzene rings is 1. The number of halogens is 1. The van der Waals surface area contributed by atoms with Crippen LogP contribution in [0.1, 0.15) is 5.56 Å². The summed E-state index contributed by atoms with van der Waals surface area (Å²) < 4.78 is 12.8. The number of nitrogens with two attached hydrogens (primary N) is 1. The van der Waals surface area contributed by atoms with Crippen molar-refractivity contribution in [3.05, 3.63) is 52.1 Å². The number of anilines is 1. The summed E-state index contributed by atoms with van der Waals surface area (Å²) in [5.41, 5.74) is 5.89. The number of pyridine rings is 1. The van der Waals surface area contributed by atoms with Crippen LogP contribution in [0.4, 0.5) is 10.2 Å². The van der Waals surface area contributed by atoms with Gasteiger partial charge in [-0.25, -0.2) is 4.39 Å². The monoisotopic (exact) mass is 229 g/mol. The van der Waals surface area contributed by atoms with Crippen molar-refractivity contribution in [1.82, 2.24) is 4.98 Å². The number of nitrogens with zero attached hydrogens (tertiary/aromatic N) is 1. The van der Waals surface area contributed by atoms with Gasteiger partial charge in [-0.15, -0.1) is 0 Å². The number of hydrogen-bond donors (Lipinski definition) is 2. The predicted molar refractivity (Wildman–Crippen MR) is 61.6 cm³/mol. The van der Waals surface area contributed by atoms with E-state index in [9.17, 15) is 9.18 Å². The fourth-order valence-electron chi connectivity index (χ4n) is 1.55. The van der Waals surface area contributed by atoms with Gasteiger partial charge in [0.05, 0.1) is 0 Å². The first kappa shape index (κ1) is 10.9. The van der Waals surface area contributed by atoms with Crippen LogP contribution in [0.25, 0.3) is 11.1 Å². The Morgan fingerprint density at radius 3 is 2.53 bits per heavy atom. The molecule has 0 spiro atoms. The zero-order valence-electron chi connectivity index (χ0n) is 8.70. The lowest BCUT2D eigenvalue weighted by atomic mass is 10.0. The van der Waals surface area contributed by atoms with E-state index in [1.807, 2.05) is 6.07 Å². The maximum absolute atomic E-state index is 12.8. The fourth-order valence-corrected chi connectivity index (χ4v) is 1.55. The number of H-pyrrole nitrogens is 1. The third kappa shape index (κ3) is 2.01. The van der Waals surface area contributed by atoms with Crippen LogP contribution in [0.2, 0.25) is 0 Å². The molecule has 0 saturated carbocycles. The van der Waals surface area contributed by atoms with Crippen molar-refractivity contribution in [2.45, 2.75) is 0 Å². The van der Waals surface area contributed by atoms with Crippen molar-refractivity contribution in [3.63, 3.8) is 0 Å². The van der Waals surface area contributed by atoms with E-state index in [0.717, 1.165) is 0 Å². The lowest BCUT2D eigenvalue weighted by Crippen LogP contribution is -2.13. The molecule has 0 unspecified atom stereocenters. The van der Waals surface area contributed by atoms with Crippen LogP contribution < -0.4 is 11.3 Å². The number of hydrogen-bond acceptors (Lipinski definition) is 3. The Hall–Kier alpha value is -2.61. The van der Waals surface area contributed by atoms with Gasteiger partial charge in [0.1, 0.15) is 23.3 Å². The van der Waals surface area contributed by atoms with Crippen molar-refractivity contribution in [2.75, 3.05) is 5.73 Å². The summed E-state index contributed by atoms with van der Waals surface area (Å²) in [7, 11) is 0. The first-order chi connectivity index (χ1) is 8.11. The van der Waals surface area contributed by atoms with Crippen molar-refractivity contribution < 1.29 is 4.39 Å². The molecule has 2 rings (SSSR count). The minimum absolute atomic E-state index is 0.0363. The summed E-state index contributed by atoms with van der Waals surface area (Å²) in [5.74, 6) is -0.224. The van der Waals surface area contributed by atoms with Crippen LogP contribution in [0, 0.1) is 17.1 Å². The Balaban J connectivity index is 2.71. The average Bonchev–Trinajstić information content (AvgIpc) is 2.29. The van der Waals surface area contributed by atoms with Crippen LogP contribution in [-0.2, 0) is 0 Å². The third-order valence-corrected chi connectivity index (χ3v) is 2.32. The molecule has 3 N–H and O–H groups in total. The van der Waals surface area contributed by atoms with E-state index in [4.69, 9.17) is 11.0 Å². The lowest BCUT2D eigenvalue weighted by Gasteiger charge is -2.04. The number of aromatic nitrogens is 1. The summed E-state index contributed by atoms with van der Waals surface area (Å²) >= 11 is 0. The Bertz CT molecular complexity index is 653. The van der Waals surface area contributed by atoms with Crippen LogP contribution >= 0.6 is 0 Å². The minimum atomic E-state index is -0.549. The summed E-state index contributed by atoms with van der Waals surface area (Å²) in [6.07, 6.45) is 0. The van der Waals surface area contributed by atoms with Crippen LogP contribution in [0.3, 0.4) is 0 Å². The van der Waals surface area contributed by atoms with Crippen LogP contribution in [0.15, 0.2) is 35.1 Å². The molecule has 0 amide bonds. The second kappa shape index (κ2) is 4.10. The van der Waals surface area contributed by atoms with Gasteiger partial charge in [-0.1, -0.05) is 12.1 Å². The van der Waals surface area contributed by atoms with Gasteiger partial charge in [-0.2, -0.15) is 5.26 Å². The Morgan fingerprint density at radius 2 is 1.94 bits per heavy atom. The van der Waals surface area contributed by atoms with E-state index in [0.29, 0.717) is 11.1 Å². The molecule has 0 aliphatic rings. The van der Waals surface area contributed by atoms with Crippen LogP contribution in [-0.4, -0.2) is 4.98 Å². The van der Waals surface area contributed by atoms with E-state index in [-0.39, 0.29) is 17.2 Å². The second-order valence-electron chi connectivity index (χ2n) is 3.46. The SMILES string of the molecule is N#Cc1c(-c2ccc(F)cc2)cc(N)[nH]c1=O. The molecular weight excluding hydrogens is 221 g/mol. The molecule has 2 aromatic rings. The smallest absolute Gasteiger partial charge is 0.268 e. The Labute approximate surface area is 96.1 Å². The van der Waals surface area contributed by atoms with Gasteiger partial charge in [0.15, 0.2) is 0 Å². The normalized spacial score (nSPS) is 9.88. The topological polar surface area (TPSA) is 82.7 Å². The second-order valence-corrected chi connectivity index (χ2v) is 3.46. The van der Waals surface area contributed by atoms with E-state index in [2.05, 4.69) is 4.98 Å². The lowest BCUT2D eigenvalue weighted by molar-refractivity contribution is 0.628. The van der Waals surface area contributed by atoms with Crippen molar-refractivity contribution in [1.29, 1.82) is 5.26 Å². The largest absolute Gasteiger partial charge is 0.385 e. The molecular formula is C12H8FN3O. The molecule has 1 heterocycles. The summed E-state index contributed by atoms with van der Waals surface area (Å²) in [6.45, 7) is 0. The maximum atomic E-state index is 12.8. The molecule has 0 atom stereocenters. The maximum Gasteiger partial charge on any atom is 0.268 e. The summed E-state index contributed by atoms with van der Waals surface area (Å²) in [5, 5.41) is 8.92. The average molecular weight is 229 g/mol. The number of nitrogens with one attached hydrogen (secondary N) is 1. The molecule has 84 valence electrons. The van der Waals surface area contributed by atoms with Gasteiger partial charge < -0.3 is 10.7 Å². The first-order valence-corrected chi connectivity index (χ1v) is 4.80. The van der Waals surface area contributed by atoms with E-state index < -0.39 is 5.56 Å². The molecule has 17 heavy (non-hydrogen) atoms. The highest BCUT2D eigenvalue weighted by Crippen LogP contribution is 2.22. The van der Waals surface area contributed by atoms with Gasteiger partial charge >= 0.3 is 0 Å². The number of nitriles is 1. The van der Waals surface area contributed by atoms with Gasteiger partial charge in [0.2, 0.25) is 0 Å². The molecule has 0 saturated heterocycles. The quantitative estimate of drug-likeness (QED) is 0.779. The molecule has 4 nitrogen and oxygen atoms in total.